The molecule has 2 amide bonds. The lowest BCUT2D eigenvalue weighted by atomic mass is 9.87. The number of methoxy groups -OCH3 is 1. The van der Waals surface area contributed by atoms with E-state index in [1.165, 1.54) is 11.8 Å². The third-order valence-corrected chi connectivity index (χ3v) is 7.44. The Kier molecular flexibility index (Phi) is 9.47. The number of halogens is 2. The molecule has 0 aliphatic carbocycles. The fourth-order valence-corrected chi connectivity index (χ4v) is 4.98. The molecule has 40 heavy (non-hydrogen) atoms. The van der Waals surface area contributed by atoms with Gasteiger partial charge in [-0.05, 0) is 57.3 Å². The topological polar surface area (TPSA) is 111 Å². The number of nitrogens with zero attached hydrogens (tertiary/aromatic N) is 4. The molecule has 1 heterocycles. The largest absolute Gasteiger partial charge is 0.367 e. The number of hydrogen-bond acceptors (Lipinski definition) is 7. The summed E-state index contributed by atoms with van der Waals surface area (Å²) in [6.07, 6.45) is -0.778. The van der Waals surface area contributed by atoms with Crippen molar-refractivity contribution in [2.24, 2.45) is 0 Å². The number of ether oxygens (including phenoxy) is 1. The molecular weight excluding hydrogens is 571 g/mol. The third kappa shape index (κ3) is 7.19. The summed E-state index contributed by atoms with van der Waals surface area (Å²) in [4.78, 5) is 25.4. The summed E-state index contributed by atoms with van der Waals surface area (Å²) >= 11 is 14.1. The van der Waals surface area contributed by atoms with Crippen molar-refractivity contribution in [3.8, 4) is 5.69 Å². The van der Waals surface area contributed by atoms with E-state index in [0.717, 1.165) is 22.9 Å². The third-order valence-electron chi connectivity index (χ3n) is 5.90. The summed E-state index contributed by atoms with van der Waals surface area (Å²) in [6, 6.07) is 19.7. The first-order valence-electron chi connectivity index (χ1n) is 12.3. The number of benzene rings is 3. The van der Waals surface area contributed by atoms with Crippen LogP contribution in [0.5, 0.6) is 0 Å². The number of anilines is 2. The summed E-state index contributed by atoms with van der Waals surface area (Å²) in [5.41, 5.74) is 3.24. The van der Waals surface area contributed by atoms with E-state index in [1.807, 2.05) is 48.5 Å². The van der Waals surface area contributed by atoms with Crippen LogP contribution in [0, 0.1) is 0 Å². The van der Waals surface area contributed by atoms with Crippen molar-refractivity contribution < 1.29 is 14.3 Å². The van der Waals surface area contributed by atoms with E-state index in [-0.39, 0.29) is 28.0 Å². The van der Waals surface area contributed by atoms with E-state index in [1.54, 1.807) is 18.2 Å². The molecule has 0 radical (unpaired) electrons. The minimum Gasteiger partial charge on any atom is -0.367 e. The maximum absolute atomic E-state index is 12.7. The Morgan fingerprint density at radius 2 is 1.75 bits per heavy atom. The van der Waals surface area contributed by atoms with Crippen LogP contribution < -0.4 is 10.6 Å². The van der Waals surface area contributed by atoms with Gasteiger partial charge in [0.1, 0.15) is 0 Å². The average Bonchev–Trinajstić information content (AvgIpc) is 3.38. The van der Waals surface area contributed by atoms with Crippen molar-refractivity contribution in [3.05, 3.63) is 87.9 Å². The summed E-state index contributed by atoms with van der Waals surface area (Å²) in [7, 11) is 1.47. The Bertz CT molecular complexity index is 1510. The molecule has 4 rings (SSSR count). The predicted octanol–water partition coefficient (Wildman–Crippen LogP) is 6.32. The Hall–Kier alpha value is -3.44. The zero-order valence-corrected chi connectivity index (χ0v) is 24.6. The Morgan fingerprint density at radius 1 is 1.00 bits per heavy atom. The maximum Gasteiger partial charge on any atom is 0.258 e. The van der Waals surface area contributed by atoms with Gasteiger partial charge in [-0.25, -0.2) is 0 Å². The molecule has 0 bridgehead atoms. The minimum atomic E-state index is -0.778. The number of carbonyl (C=O) groups is 2. The van der Waals surface area contributed by atoms with Gasteiger partial charge in [0.25, 0.3) is 5.91 Å². The highest BCUT2D eigenvalue weighted by atomic mass is 35.5. The van der Waals surface area contributed by atoms with Gasteiger partial charge in [0.05, 0.1) is 27.2 Å². The number of aromatic nitrogens is 4. The van der Waals surface area contributed by atoms with Crippen LogP contribution in [0.3, 0.4) is 0 Å². The second-order valence-corrected chi connectivity index (χ2v) is 11.6. The van der Waals surface area contributed by atoms with Crippen molar-refractivity contribution >= 4 is 58.2 Å². The molecule has 9 nitrogen and oxygen atoms in total. The van der Waals surface area contributed by atoms with E-state index in [0.29, 0.717) is 27.2 Å². The van der Waals surface area contributed by atoms with Gasteiger partial charge < -0.3 is 15.4 Å². The first-order valence-corrected chi connectivity index (χ1v) is 14.0. The van der Waals surface area contributed by atoms with Crippen LogP contribution in [0.4, 0.5) is 11.4 Å². The molecule has 0 saturated heterocycles. The van der Waals surface area contributed by atoms with Crippen molar-refractivity contribution in [1.29, 1.82) is 0 Å². The van der Waals surface area contributed by atoms with Crippen molar-refractivity contribution in [2.45, 2.75) is 37.4 Å². The lowest BCUT2D eigenvalue weighted by Gasteiger charge is -2.20. The van der Waals surface area contributed by atoms with E-state index >= 15 is 0 Å². The molecule has 0 aliphatic heterocycles. The Balaban J connectivity index is 1.37. The predicted molar refractivity (Wildman–Crippen MR) is 158 cm³/mol. The van der Waals surface area contributed by atoms with Gasteiger partial charge in [-0.3, -0.25) is 9.59 Å². The first kappa shape index (κ1) is 29.5. The molecule has 0 spiro atoms. The van der Waals surface area contributed by atoms with Gasteiger partial charge in [0.15, 0.2) is 6.10 Å². The minimum absolute atomic E-state index is 0.0273. The lowest BCUT2D eigenvalue weighted by Crippen LogP contribution is -2.22. The number of carbonyl (C=O) groups excluding carboxylic acids is 2. The van der Waals surface area contributed by atoms with Crippen LogP contribution in [0.1, 0.15) is 38.0 Å². The summed E-state index contributed by atoms with van der Waals surface area (Å²) in [6.45, 7) is 6.31. The normalized spacial score (nSPS) is 12.2. The fourth-order valence-electron chi connectivity index (χ4n) is 3.81. The van der Waals surface area contributed by atoms with Crippen LogP contribution in [0.2, 0.25) is 10.0 Å². The Morgan fingerprint density at radius 3 is 2.40 bits per heavy atom. The van der Waals surface area contributed by atoms with Gasteiger partial charge in [-0.15, -0.1) is 5.10 Å². The van der Waals surface area contributed by atoms with Crippen molar-refractivity contribution in [1.82, 2.24) is 20.2 Å². The van der Waals surface area contributed by atoms with Crippen LogP contribution >= 0.6 is 35.0 Å². The molecule has 1 atom stereocenters. The highest BCUT2D eigenvalue weighted by Gasteiger charge is 2.21. The second-order valence-electron chi connectivity index (χ2n) is 9.84. The Labute approximate surface area is 246 Å². The number of hydrogen-bond donors (Lipinski definition) is 2. The zero-order valence-electron chi connectivity index (χ0n) is 22.3. The van der Waals surface area contributed by atoms with Crippen molar-refractivity contribution in [2.75, 3.05) is 23.5 Å². The fraction of sp³-hybridized carbons (Fsp3) is 0.250. The molecule has 2 N–H and O–H groups in total. The smallest absolute Gasteiger partial charge is 0.258 e. The van der Waals surface area contributed by atoms with E-state index in [4.69, 9.17) is 27.9 Å². The second kappa shape index (κ2) is 12.8. The quantitative estimate of drug-likeness (QED) is 0.217. The highest BCUT2D eigenvalue weighted by Crippen LogP contribution is 2.31. The molecule has 1 aromatic heterocycles. The van der Waals surface area contributed by atoms with Crippen LogP contribution in [0.25, 0.3) is 5.69 Å². The van der Waals surface area contributed by atoms with Crippen LogP contribution in [-0.4, -0.2) is 44.9 Å². The molecular formula is C28H28Cl2N6O3S. The number of rotatable bonds is 9. The van der Waals surface area contributed by atoms with E-state index < -0.39 is 6.10 Å². The molecule has 208 valence electrons. The highest BCUT2D eigenvalue weighted by molar-refractivity contribution is 7.99. The number of nitrogens with one attached hydrogen (secondary N) is 2. The molecule has 3 aromatic carbocycles. The van der Waals surface area contributed by atoms with Crippen LogP contribution in [-0.2, 0) is 19.7 Å². The SMILES string of the molecule is COC(C(=O)Nc1ccc(NC(=O)CSc2nnnn2-c2ccc(C(C)(C)C)cc2Cl)c(Cl)c1)c1ccccc1. The molecule has 4 aromatic rings. The average molecular weight is 600 g/mol. The monoisotopic (exact) mass is 598 g/mol. The van der Waals surface area contributed by atoms with Gasteiger partial charge in [-0.1, -0.05) is 92.1 Å². The maximum atomic E-state index is 12.7. The van der Waals surface area contributed by atoms with Crippen LogP contribution in [0.15, 0.2) is 71.9 Å². The zero-order chi connectivity index (χ0) is 28.9. The lowest BCUT2D eigenvalue weighted by molar-refractivity contribution is -0.126. The number of amides is 2. The number of thioether (sulfide) groups is 1. The van der Waals surface area contributed by atoms with Gasteiger partial charge in [-0.2, -0.15) is 4.68 Å². The van der Waals surface area contributed by atoms with Gasteiger partial charge >= 0.3 is 0 Å². The molecule has 1 unspecified atom stereocenters. The molecule has 0 fully saturated rings. The first-order chi connectivity index (χ1) is 19.1. The van der Waals surface area contributed by atoms with Gasteiger partial charge in [0, 0.05) is 12.8 Å². The standard InChI is InChI=1S/C28H28Cl2N6O3S/c1-28(2,3)18-10-13-23(21(30)14-18)36-27(33-34-35-36)40-16-24(37)32-22-12-11-19(15-20(22)29)31-26(38)25(39-4)17-8-6-5-7-9-17/h5-15,25H,16H2,1-4H3,(H,31,38)(H,32,37). The summed E-state index contributed by atoms with van der Waals surface area (Å²) < 4.78 is 6.87. The van der Waals surface area contributed by atoms with Gasteiger partial charge in [0.2, 0.25) is 11.1 Å². The van der Waals surface area contributed by atoms with E-state index in [2.05, 4.69) is 46.9 Å². The van der Waals surface area contributed by atoms with Crippen molar-refractivity contribution in [3.63, 3.8) is 0 Å². The van der Waals surface area contributed by atoms with E-state index in [9.17, 15) is 9.59 Å². The summed E-state index contributed by atoms with van der Waals surface area (Å²) in [5.74, 6) is -0.626. The molecule has 0 saturated carbocycles. The summed E-state index contributed by atoms with van der Waals surface area (Å²) in [5, 5.41) is 18.6. The molecule has 12 heteroatoms. The molecule has 0 aliphatic rings. The number of tetrazole rings is 1.